The minimum Gasteiger partial charge on any atom is -0.475 e. The van der Waals surface area contributed by atoms with E-state index in [1.165, 1.54) is 24.3 Å². The van der Waals surface area contributed by atoms with Crippen LogP contribution in [-0.2, 0) is 16.1 Å². The van der Waals surface area contributed by atoms with Crippen LogP contribution in [0.3, 0.4) is 0 Å². The molecule has 5 nitrogen and oxygen atoms in total. The molecule has 0 aliphatic carbocycles. The first kappa shape index (κ1) is 20.7. The highest BCUT2D eigenvalue weighted by Crippen LogP contribution is 2.38. The predicted molar refractivity (Wildman–Crippen MR) is 91.9 cm³/mol. The van der Waals surface area contributed by atoms with E-state index >= 15 is 0 Å². The van der Waals surface area contributed by atoms with E-state index in [1.54, 1.807) is 0 Å². The Morgan fingerprint density at radius 3 is 2.50 bits per heavy atom. The third-order valence-electron chi connectivity index (χ3n) is 5.10. The normalized spacial score (nSPS) is 24.3. The Bertz CT molecular complexity index is 621. The average molecular weight is 392 g/mol. The van der Waals surface area contributed by atoms with Gasteiger partial charge in [-0.15, -0.1) is 11.3 Å². The minimum absolute atomic E-state index is 0.168. The lowest BCUT2D eigenvalue weighted by Gasteiger charge is -2.35. The summed E-state index contributed by atoms with van der Waals surface area (Å²) in [6, 6.07) is 4.35. The topological polar surface area (TPSA) is 60.9 Å². The second-order valence-corrected chi connectivity index (χ2v) is 7.72. The van der Waals surface area contributed by atoms with E-state index in [0.29, 0.717) is 5.91 Å². The highest BCUT2D eigenvalue weighted by atomic mass is 32.1. The maximum atomic E-state index is 11.8. The number of halogens is 3. The van der Waals surface area contributed by atoms with Crippen molar-refractivity contribution in [3.8, 4) is 0 Å². The first-order chi connectivity index (χ1) is 12.1. The number of thiophene rings is 1. The summed E-state index contributed by atoms with van der Waals surface area (Å²) in [6.45, 7) is 3.36. The van der Waals surface area contributed by atoms with Crippen molar-refractivity contribution in [1.29, 1.82) is 0 Å². The van der Waals surface area contributed by atoms with Crippen LogP contribution in [0.25, 0.3) is 0 Å². The van der Waals surface area contributed by atoms with E-state index in [1.807, 2.05) is 23.3 Å². The number of likely N-dealkylation sites (tertiary alicyclic amines) is 2. The van der Waals surface area contributed by atoms with Gasteiger partial charge in [0, 0.05) is 37.0 Å². The van der Waals surface area contributed by atoms with Gasteiger partial charge in [-0.05, 0) is 43.7 Å². The molecule has 2 aliphatic rings. The fourth-order valence-corrected chi connectivity index (χ4v) is 4.29. The summed E-state index contributed by atoms with van der Waals surface area (Å²) in [4.78, 5) is 26.8. The fourth-order valence-electron chi connectivity index (χ4n) is 3.54. The van der Waals surface area contributed by atoms with Gasteiger partial charge in [0.1, 0.15) is 0 Å². The van der Waals surface area contributed by atoms with Gasteiger partial charge in [-0.1, -0.05) is 6.07 Å². The molecule has 2 saturated heterocycles. The van der Waals surface area contributed by atoms with Crippen LogP contribution in [0.2, 0.25) is 0 Å². The number of hydrogen-bond donors (Lipinski definition) is 1. The zero-order valence-corrected chi connectivity index (χ0v) is 15.4. The van der Waals surface area contributed by atoms with Gasteiger partial charge in [0.25, 0.3) is 0 Å². The molecule has 1 N–H and O–H groups in total. The monoisotopic (exact) mass is 392 g/mol. The van der Waals surface area contributed by atoms with Crippen LogP contribution in [0.4, 0.5) is 13.2 Å². The molecule has 1 spiro atoms. The maximum Gasteiger partial charge on any atom is 0.490 e. The number of rotatable bonds is 2. The molecule has 1 aromatic heterocycles. The summed E-state index contributed by atoms with van der Waals surface area (Å²) in [6.07, 6.45) is 0.260. The highest BCUT2D eigenvalue weighted by Gasteiger charge is 2.43. The van der Waals surface area contributed by atoms with Crippen molar-refractivity contribution in [3.63, 3.8) is 0 Å². The van der Waals surface area contributed by atoms with E-state index in [0.717, 1.165) is 32.4 Å². The molecular weight excluding hydrogens is 369 g/mol. The summed E-state index contributed by atoms with van der Waals surface area (Å²) in [5.41, 5.74) is 0.168. The standard InChI is InChI=1S/C15H22N2OS.C2HF3O2/c1-16-14(18)5-7-15(16)6-3-9-17(10-8-15)12-13-4-2-11-19-13;3-2(4,5)1(6)7/h2,4,11H,3,5-10,12H2,1H3;(H,6,7). The molecular formula is C17H23F3N2O3S. The Labute approximate surface area is 154 Å². The Morgan fingerprint density at radius 1 is 1.31 bits per heavy atom. The van der Waals surface area contributed by atoms with Crippen molar-refractivity contribution in [1.82, 2.24) is 9.80 Å². The Hall–Kier alpha value is -1.61. The van der Waals surface area contributed by atoms with Gasteiger partial charge in [-0.2, -0.15) is 13.2 Å². The summed E-state index contributed by atoms with van der Waals surface area (Å²) in [5, 5.41) is 9.28. The van der Waals surface area contributed by atoms with Crippen molar-refractivity contribution in [2.45, 2.75) is 50.4 Å². The first-order valence-electron chi connectivity index (χ1n) is 8.45. The van der Waals surface area contributed by atoms with Gasteiger partial charge in [0.05, 0.1) is 0 Å². The fraction of sp³-hybridized carbons (Fsp3) is 0.647. The largest absolute Gasteiger partial charge is 0.490 e. The minimum atomic E-state index is -5.08. The molecule has 3 heterocycles. The smallest absolute Gasteiger partial charge is 0.475 e. The van der Waals surface area contributed by atoms with Gasteiger partial charge in [0.15, 0.2) is 0 Å². The molecule has 1 amide bonds. The van der Waals surface area contributed by atoms with Gasteiger partial charge in [-0.25, -0.2) is 4.79 Å². The van der Waals surface area contributed by atoms with Crippen LogP contribution >= 0.6 is 11.3 Å². The van der Waals surface area contributed by atoms with Crippen molar-refractivity contribution in [2.75, 3.05) is 20.1 Å². The van der Waals surface area contributed by atoms with Crippen LogP contribution in [0.1, 0.15) is 37.0 Å². The first-order valence-corrected chi connectivity index (χ1v) is 9.33. The number of amides is 1. The molecule has 1 atom stereocenters. The van der Waals surface area contributed by atoms with Gasteiger partial charge < -0.3 is 10.0 Å². The highest BCUT2D eigenvalue weighted by molar-refractivity contribution is 7.09. The number of nitrogens with zero attached hydrogens (tertiary/aromatic N) is 2. The molecule has 1 aromatic rings. The van der Waals surface area contributed by atoms with Gasteiger partial charge in [-0.3, -0.25) is 9.69 Å². The van der Waals surface area contributed by atoms with Crippen LogP contribution in [-0.4, -0.2) is 58.6 Å². The zero-order chi connectivity index (χ0) is 19.4. The summed E-state index contributed by atoms with van der Waals surface area (Å²) < 4.78 is 31.7. The zero-order valence-electron chi connectivity index (χ0n) is 14.6. The lowest BCUT2D eigenvalue weighted by molar-refractivity contribution is -0.192. The van der Waals surface area contributed by atoms with Crippen LogP contribution < -0.4 is 0 Å². The van der Waals surface area contributed by atoms with Crippen molar-refractivity contribution in [2.24, 2.45) is 0 Å². The van der Waals surface area contributed by atoms with Crippen LogP contribution in [0.5, 0.6) is 0 Å². The van der Waals surface area contributed by atoms with Crippen LogP contribution in [0, 0.1) is 0 Å². The van der Waals surface area contributed by atoms with E-state index in [2.05, 4.69) is 22.4 Å². The molecule has 26 heavy (non-hydrogen) atoms. The number of carboxylic acid groups (broad SMARTS) is 1. The number of carboxylic acids is 1. The quantitative estimate of drug-likeness (QED) is 0.839. The van der Waals surface area contributed by atoms with Crippen molar-refractivity contribution < 1.29 is 27.9 Å². The van der Waals surface area contributed by atoms with Crippen LogP contribution in [0.15, 0.2) is 17.5 Å². The Morgan fingerprint density at radius 2 is 2.00 bits per heavy atom. The Kier molecular flexibility index (Phi) is 6.68. The molecule has 146 valence electrons. The summed E-state index contributed by atoms with van der Waals surface area (Å²) in [5.74, 6) is -2.42. The SMILES string of the molecule is CN1C(=O)CCC12CCCN(Cc1cccs1)CC2.O=C(O)C(F)(F)F. The third-order valence-corrected chi connectivity index (χ3v) is 5.96. The third kappa shape index (κ3) is 5.20. The van der Waals surface area contributed by atoms with E-state index < -0.39 is 12.1 Å². The molecule has 1 unspecified atom stereocenters. The lowest BCUT2D eigenvalue weighted by Crippen LogP contribution is -2.43. The summed E-state index contributed by atoms with van der Waals surface area (Å²) in [7, 11) is 2.00. The average Bonchev–Trinajstić information content (AvgIpc) is 3.10. The second kappa shape index (κ2) is 8.39. The van der Waals surface area contributed by atoms with Gasteiger partial charge >= 0.3 is 12.1 Å². The molecule has 0 radical (unpaired) electrons. The molecule has 0 saturated carbocycles. The number of aliphatic carboxylic acids is 1. The lowest BCUT2D eigenvalue weighted by atomic mass is 9.88. The van der Waals surface area contributed by atoms with E-state index in [-0.39, 0.29) is 5.54 Å². The second-order valence-electron chi connectivity index (χ2n) is 6.69. The maximum absolute atomic E-state index is 11.8. The molecule has 9 heteroatoms. The molecule has 2 fully saturated rings. The predicted octanol–water partition coefficient (Wildman–Crippen LogP) is 3.36. The number of carbonyl (C=O) groups excluding carboxylic acids is 1. The van der Waals surface area contributed by atoms with Crippen molar-refractivity contribution in [3.05, 3.63) is 22.4 Å². The molecule has 0 aromatic carbocycles. The number of hydrogen-bond acceptors (Lipinski definition) is 4. The molecule has 2 aliphatic heterocycles. The number of alkyl halides is 3. The van der Waals surface area contributed by atoms with Crippen molar-refractivity contribution >= 4 is 23.2 Å². The number of carbonyl (C=O) groups is 2. The molecule has 3 rings (SSSR count). The van der Waals surface area contributed by atoms with E-state index in [4.69, 9.17) is 9.90 Å². The summed E-state index contributed by atoms with van der Waals surface area (Å²) >= 11 is 1.84. The van der Waals surface area contributed by atoms with E-state index in [9.17, 15) is 18.0 Å². The van der Waals surface area contributed by atoms with Gasteiger partial charge in [0.2, 0.25) is 5.91 Å². The Balaban J connectivity index is 0.000000298. The molecule has 0 bridgehead atoms.